The molecule has 2 aromatic rings. The van der Waals surface area contributed by atoms with Crippen molar-refractivity contribution in [3.8, 4) is 0 Å². The van der Waals surface area contributed by atoms with Gasteiger partial charge < -0.3 is 15.9 Å². The van der Waals surface area contributed by atoms with Crippen LogP contribution >= 0.6 is 0 Å². The predicted octanol–water partition coefficient (Wildman–Crippen LogP) is 2.97. The first-order chi connectivity index (χ1) is 9.82. The Bertz CT molecular complexity index is 644. The van der Waals surface area contributed by atoms with Gasteiger partial charge in [0, 0.05) is 5.69 Å². The third kappa shape index (κ3) is 4.65. The lowest BCUT2D eigenvalue weighted by molar-refractivity contribution is 0.0682. The fraction of sp³-hybridized carbons (Fsp3) is 0.125. The van der Waals surface area contributed by atoms with Crippen LogP contribution in [-0.4, -0.2) is 22.2 Å². The second-order valence-corrected chi connectivity index (χ2v) is 4.50. The SMILES string of the molecule is Cc1ccccc1C.Nc1cc(C(=O)O)ccc1C(=O)O. The third-order valence-corrected chi connectivity index (χ3v) is 2.95. The molecule has 0 aliphatic carbocycles. The fourth-order valence-corrected chi connectivity index (χ4v) is 1.55. The van der Waals surface area contributed by atoms with E-state index in [0.717, 1.165) is 6.07 Å². The Labute approximate surface area is 122 Å². The van der Waals surface area contributed by atoms with Crippen molar-refractivity contribution in [2.75, 3.05) is 5.73 Å². The number of hydrogen-bond donors (Lipinski definition) is 3. The first-order valence-electron chi connectivity index (χ1n) is 6.21. The van der Waals surface area contributed by atoms with E-state index in [1.165, 1.54) is 23.3 Å². The van der Waals surface area contributed by atoms with Crippen molar-refractivity contribution >= 4 is 17.6 Å². The Morgan fingerprint density at radius 2 is 1.43 bits per heavy atom. The lowest BCUT2D eigenvalue weighted by Gasteiger charge is -2.00. The number of carbonyl (C=O) groups is 2. The molecule has 0 spiro atoms. The lowest BCUT2D eigenvalue weighted by Crippen LogP contribution is -2.05. The molecule has 0 aliphatic rings. The summed E-state index contributed by atoms with van der Waals surface area (Å²) < 4.78 is 0. The summed E-state index contributed by atoms with van der Waals surface area (Å²) >= 11 is 0. The number of nitrogens with two attached hydrogens (primary N) is 1. The monoisotopic (exact) mass is 287 g/mol. The fourth-order valence-electron chi connectivity index (χ4n) is 1.55. The zero-order valence-electron chi connectivity index (χ0n) is 11.8. The summed E-state index contributed by atoms with van der Waals surface area (Å²) in [5, 5.41) is 17.1. The molecule has 0 radical (unpaired) electrons. The second kappa shape index (κ2) is 7.09. The molecule has 0 amide bonds. The molecular weight excluding hydrogens is 270 g/mol. The van der Waals surface area contributed by atoms with E-state index in [1.54, 1.807) is 0 Å². The van der Waals surface area contributed by atoms with Gasteiger partial charge in [-0.3, -0.25) is 0 Å². The van der Waals surface area contributed by atoms with Crippen LogP contribution in [0.25, 0.3) is 0 Å². The van der Waals surface area contributed by atoms with Crippen molar-refractivity contribution in [3.05, 3.63) is 64.7 Å². The number of aryl methyl sites for hydroxylation is 2. The van der Waals surface area contributed by atoms with Gasteiger partial charge in [-0.1, -0.05) is 24.3 Å². The molecule has 21 heavy (non-hydrogen) atoms. The van der Waals surface area contributed by atoms with Crippen molar-refractivity contribution in [3.63, 3.8) is 0 Å². The topological polar surface area (TPSA) is 101 Å². The van der Waals surface area contributed by atoms with Crippen molar-refractivity contribution in [2.45, 2.75) is 13.8 Å². The van der Waals surface area contributed by atoms with Crippen LogP contribution in [0.5, 0.6) is 0 Å². The normalized spacial score (nSPS) is 9.43. The van der Waals surface area contributed by atoms with Gasteiger partial charge in [0.05, 0.1) is 11.1 Å². The van der Waals surface area contributed by atoms with Crippen molar-refractivity contribution in [1.82, 2.24) is 0 Å². The highest BCUT2D eigenvalue weighted by atomic mass is 16.4. The molecule has 0 aliphatic heterocycles. The predicted molar refractivity (Wildman–Crippen MR) is 80.7 cm³/mol. The van der Waals surface area contributed by atoms with Crippen LogP contribution in [-0.2, 0) is 0 Å². The lowest BCUT2D eigenvalue weighted by atomic mass is 10.1. The summed E-state index contributed by atoms with van der Waals surface area (Å²) in [5.74, 6) is -2.31. The molecule has 0 atom stereocenters. The highest BCUT2D eigenvalue weighted by Crippen LogP contribution is 2.14. The number of anilines is 1. The van der Waals surface area contributed by atoms with E-state index in [0.29, 0.717) is 0 Å². The summed E-state index contributed by atoms with van der Waals surface area (Å²) in [6.07, 6.45) is 0. The molecule has 5 nitrogen and oxygen atoms in total. The zero-order chi connectivity index (χ0) is 16.0. The van der Waals surface area contributed by atoms with E-state index in [-0.39, 0.29) is 16.8 Å². The molecule has 0 heterocycles. The zero-order valence-corrected chi connectivity index (χ0v) is 11.8. The number of rotatable bonds is 2. The molecule has 0 unspecified atom stereocenters. The molecule has 0 bridgehead atoms. The van der Waals surface area contributed by atoms with E-state index in [9.17, 15) is 9.59 Å². The Hall–Kier alpha value is -2.82. The third-order valence-electron chi connectivity index (χ3n) is 2.95. The molecule has 5 heteroatoms. The van der Waals surface area contributed by atoms with Crippen LogP contribution in [0.3, 0.4) is 0 Å². The van der Waals surface area contributed by atoms with Crippen molar-refractivity contribution in [2.24, 2.45) is 0 Å². The highest BCUT2D eigenvalue weighted by molar-refractivity contribution is 5.96. The average molecular weight is 287 g/mol. The number of carboxylic acid groups (broad SMARTS) is 2. The van der Waals surface area contributed by atoms with Gasteiger partial charge in [-0.15, -0.1) is 0 Å². The van der Waals surface area contributed by atoms with E-state index in [2.05, 4.69) is 38.1 Å². The van der Waals surface area contributed by atoms with Crippen LogP contribution in [0.2, 0.25) is 0 Å². The van der Waals surface area contributed by atoms with Gasteiger partial charge in [0.15, 0.2) is 0 Å². The molecule has 0 saturated carbocycles. The average Bonchev–Trinajstić information content (AvgIpc) is 2.42. The molecule has 0 fully saturated rings. The summed E-state index contributed by atoms with van der Waals surface area (Å²) in [4.78, 5) is 20.9. The van der Waals surface area contributed by atoms with Gasteiger partial charge in [0.1, 0.15) is 0 Å². The Kier molecular flexibility index (Phi) is 5.48. The van der Waals surface area contributed by atoms with Gasteiger partial charge in [-0.05, 0) is 43.2 Å². The Morgan fingerprint density at radius 3 is 1.76 bits per heavy atom. The molecular formula is C16H17NO4. The van der Waals surface area contributed by atoms with Crippen LogP contribution in [0.1, 0.15) is 31.8 Å². The van der Waals surface area contributed by atoms with E-state index in [4.69, 9.17) is 15.9 Å². The molecule has 4 N–H and O–H groups in total. The minimum atomic E-state index is -1.17. The maximum Gasteiger partial charge on any atom is 0.337 e. The Balaban J connectivity index is 0.000000235. The maximum absolute atomic E-state index is 10.5. The molecule has 0 aromatic heterocycles. The summed E-state index contributed by atoms with van der Waals surface area (Å²) in [7, 11) is 0. The van der Waals surface area contributed by atoms with Gasteiger partial charge in [-0.25, -0.2) is 9.59 Å². The van der Waals surface area contributed by atoms with Gasteiger partial charge in [0.25, 0.3) is 0 Å². The number of hydrogen-bond acceptors (Lipinski definition) is 3. The number of aromatic carboxylic acids is 2. The van der Waals surface area contributed by atoms with Crippen molar-refractivity contribution < 1.29 is 19.8 Å². The van der Waals surface area contributed by atoms with Crippen LogP contribution < -0.4 is 5.73 Å². The first-order valence-corrected chi connectivity index (χ1v) is 6.21. The minimum Gasteiger partial charge on any atom is -0.478 e. The van der Waals surface area contributed by atoms with Crippen molar-refractivity contribution in [1.29, 1.82) is 0 Å². The van der Waals surface area contributed by atoms with Crippen LogP contribution in [0.4, 0.5) is 5.69 Å². The van der Waals surface area contributed by atoms with Gasteiger partial charge in [0.2, 0.25) is 0 Å². The summed E-state index contributed by atoms with van der Waals surface area (Å²) in [5.41, 5.74) is 7.89. The van der Waals surface area contributed by atoms with E-state index >= 15 is 0 Å². The first kappa shape index (κ1) is 16.2. The molecule has 110 valence electrons. The van der Waals surface area contributed by atoms with E-state index in [1.807, 2.05) is 0 Å². The number of carboxylic acids is 2. The minimum absolute atomic E-state index is 0.0255. The van der Waals surface area contributed by atoms with Crippen LogP contribution in [0, 0.1) is 13.8 Å². The molecule has 2 aromatic carbocycles. The second-order valence-electron chi connectivity index (χ2n) is 4.50. The van der Waals surface area contributed by atoms with Gasteiger partial charge >= 0.3 is 11.9 Å². The number of benzene rings is 2. The smallest absolute Gasteiger partial charge is 0.337 e. The standard InChI is InChI=1S/C8H7NO4.C8H10/c9-6-3-4(7(10)11)1-2-5(6)8(12)13;1-7-5-3-4-6-8(7)2/h1-3H,9H2,(H,10,11)(H,12,13);3-6H,1-2H3. The summed E-state index contributed by atoms with van der Waals surface area (Å²) in [6.45, 7) is 4.24. The van der Waals surface area contributed by atoms with E-state index < -0.39 is 11.9 Å². The van der Waals surface area contributed by atoms with Gasteiger partial charge in [-0.2, -0.15) is 0 Å². The summed E-state index contributed by atoms with van der Waals surface area (Å²) in [6, 6.07) is 11.8. The quantitative estimate of drug-likeness (QED) is 0.737. The highest BCUT2D eigenvalue weighted by Gasteiger charge is 2.10. The molecule has 2 rings (SSSR count). The van der Waals surface area contributed by atoms with Crippen LogP contribution in [0.15, 0.2) is 42.5 Å². The largest absolute Gasteiger partial charge is 0.478 e. The number of nitrogen functional groups attached to an aromatic ring is 1. The maximum atomic E-state index is 10.5. The molecule has 0 saturated heterocycles. The Morgan fingerprint density at radius 1 is 0.905 bits per heavy atom.